The molecule has 0 saturated heterocycles. The summed E-state index contributed by atoms with van der Waals surface area (Å²) >= 11 is 0. The van der Waals surface area contributed by atoms with Crippen LogP contribution < -0.4 is 5.32 Å². The van der Waals surface area contributed by atoms with Crippen LogP contribution in [0.25, 0.3) is 0 Å². The summed E-state index contributed by atoms with van der Waals surface area (Å²) in [4.78, 5) is 12.3. The van der Waals surface area contributed by atoms with Crippen LogP contribution in [0.5, 0.6) is 0 Å². The fourth-order valence-electron chi connectivity index (χ4n) is 3.38. The molecule has 1 N–H and O–H groups in total. The highest BCUT2D eigenvalue weighted by molar-refractivity contribution is 5.83. The fraction of sp³-hybridized carbons (Fsp3) is 0.524. The first-order valence-electron chi connectivity index (χ1n) is 9.45. The fourth-order valence-corrected chi connectivity index (χ4v) is 3.38. The number of hydrogen-bond acceptors (Lipinski definition) is 5. The molecule has 0 spiro atoms. The topological polar surface area (TPSA) is 74.6 Å². The Kier molecular flexibility index (Phi) is 5.76. The van der Waals surface area contributed by atoms with Crippen LogP contribution in [0, 0.1) is 0 Å². The van der Waals surface area contributed by atoms with Crippen LogP contribution >= 0.6 is 0 Å². The normalized spacial score (nSPS) is 16.5. The Bertz CT molecular complexity index is 799. The second-order valence-corrected chi connectivity index (χ2v) is 8.15. The maximum atomic E-state index is 12.3. The molecule has 1 amide bonds. The molecule has 0 radical (unpaired) electrons. The molecule has 1 aromatic heterocycles. The molecule has 1 aliphatic carbocycles. The standard InChI is InChI=1S/C21H29N3O4/c1-20(2,3)24-18(22-19(25)28-14-15-9-7-6-8-10-15)11-17(23-24)16-12-21(13-16,26-4)27-5/h6-11,16H,12-14H2,1-5H3,(H,22,25). The van der Waals surface area contributed by atoms with Crippen molar-refractivity contribution in [3.8, 4) is 0 Å². The number of ether oxygens (including phenoxy) is 3. The third kappa shape index (κ3) is 4.36. The van der Waals surface area contributed by atoms with Gasteiger partial charge in [0.15, 0.2) is 5.79 Å². The molecule has 0 unspecified atom stereocenters. The van der Waals surface area contributed by atoms with Gasteiger partial charge in [0.2, 0.25) is 0 Å². The van der Waals surface area contributed by atoms with Crippen molar-refractivity contribution in [2.75, 3.05) is 19.5 Å². The predicted molar refractivity (Wildman–Crippen MR) is 106 cm³/mol. The molecule has 3 rings (SSSR count). The van der Waals surface area contributed by atoms with Crippen molar-refractivity contribution in [1.82, 2.24) is 9.78 Å². The highest BCUT2D eigenvalue weighted by atomic mass is 16.7. The summed E-state index contributed by atoms with van der Waals surface area (Å²) in [5.41, 5.74) is 1.56. The third-order valence-electron chi connectivity index (χ3n) is 5.08. The number of carbonyl (C=O) groups is 1. The lowest BCUT2D eigenvalue weighted by molar-refractivity contribution is -0.258. The van der Waals surface area contributed by atoms with E-state index in [4.69, 9.17) is 19.3 Å². The lowest BCUT2D eigenvalue weighted by Gasteiger charge is -2.44. The summed E-state index contributed by atoms with van der Waals surface area (Å²) in [7, 11) is 3.31. The van der Waals surface area contributed by atoms with Crippen molar-refractivity contribution in [2.45, 2.75) is 57.5 Å². The quantitative estimate of drug-likeness (QED) is 0.750. The molecule has 1 fully saturated rings. The van der Waals surface area contributed by atoms with Gasteiger partial charge in [0.1, 0.15) is 12.4 Å². The van der Waals surface area contributed by atoms with E-state index < -0.39 is 11.9 Å². The number of nitrogens with one attached hydrogen (secondary N) is 1. The average molecular weight is 387 g/mol. The van der Waals surface area contributed by atoms with E-state index >= 15 is 0 Å². The van der Waals surface area contributed by atoms with E-state index in [1.54, 1.807) is 14.2 Å². The van der Waals surface area contributed by atoms with Crippen LogP contribution in [0.1, 0.15) is 50.8 Å². The van der Waals surface area contributed by atoms with Crippen molar-refractivity contribution in [3.63, 3.8) is 0 Å². The maximum absolute atomic E-state index is 12.3. The molecule has 0 bridgehead atoms. The number of carbonyl (C=O) groups excluding carboxylic acids is 1. The number of methoxy groups -OCH3 is 2. The van der Waals surface area contributed by atoms with Crippen LogP contribution in [0.4, 0.5) is 10.6 Å². The summed E-state index contributed by atoms with van der Waals surface area (Å²) in [6.45, 7) is 6.34. The van der Waals surface area contributed by atoms with Crippen LogP contribution in [0.15, 0.2) is 36.4 Å². The summed E-state index contributed by atoms with van der Waals surface area (Å²) in [5, 5.41) is 7.58. The van der Waals surface area contributed by atoms with Gasteiger partial charge in [-0.05, 0) is 26.3 Å². The maximum Gasteiger partial charge on any atom is 0.413 e. The van der Waals surface area contributed by atoms with Gasteiger partial charge in [0.25, 0.3) is 0 Å². The summed E-state index contributed by atoms with van der Waals surface area (Å²) in [5.74, 6) is 0.315. The van der Waals surface area contributed by atoms with E-state index in [-0.39, 0.29) is 18.1 Å². The van der Waals surface area contributed by atoms with Crippen LogP contribution in [0.2, 0.25) is 0 Å². The SMILES string of the molecule is COC1(OC)CC(c2cc(NC(=O)OCc3ccccc3)n(C(C)(C)C)n2)C1. The Hall–Kier alpha value is -2.38. The smallest absolute Gasteiger partial charge is 0.413 e. The van der Waals surface area contributed by atoms with E-state index in [2.05, 4.69) is 5.32 Å². The summed E-state index contributed by atoms with van der Waals surface area (Å²) < 4.78 is 18.1. The zero-order valence-electron chi connectivity index (χ0n) is 17.2. The van der Waals surface area contributed by atoms with Crippen molar-refractivity contribution >= 4 is 11.9 Å². The molecule has 0 aliphatic heterocycles. The molecule has 0 atom stereocenters. The van der Waals surface area contributed by atoms with E-state index in [9.17, 15) is 4.79 Å². The van der Waals surface area contributed by atoms with E-state index in [1.807, 2.05) is 61.9 Å². The van der Waals surface area contributed by atoms with Crippen molar-refractivity contribution in [2.24, 2.45) is 0 Å². The Labute approximate surface area is 166 Å². The lowest BCUT2D eigenvalue weighted by Crippen LogP contribution is -2.46. The summed E-state index contributed by atoms with van der Waals surface area (Å²) in [6.07, 6.45) is 0.968. The monoisotopic (exact) mass is 387 g/mol. The number of amides is 1. The van der Waals surface area contributed by atoms with E-state index in [0.29, 0.717) is 5.82 Å². The molecular formula is C21H29N3O4. The second kappa shape index (κ2) is 7.93. The molecular weight excluding hydrogens is 358 g/mol. The van der Waals surface area contributed by atoms with Gasteiger partial charge in [-0.25, -0.2) is 9.48 Å². The van der Waals surface area contributed by atoms with Gasteiger partial charge in [-0.3, -0.25) is 5.32 Å². The molecule has 1 saturated carbocycles. The van der Waals surface area contributed by atoms with Crippen molar-refractivity contribution in [1.29, 1.82) is 0 Å². The van der Waals surface area contributed by atoms with Gasteiger partial charge in [0, 0.05) is 39.0 Å². The van der Waals surface area contributed by atoms with Gasteiger partial charge >= 0.3 is 6.09 Å². The molecule has 2 aromatic rings. The molecule has 1 aromatic carbocycles. The Morgan fingerprint density at radius 3 is 2.43 bits per heavy atom. The number of anilines is 1. The van der Waals surface area contributed by atoms with Crippen LogP contribution in [-0.4, -0.2) is 35.9 Å². The Morgan fingerprint density at radius 2 is 1.86 bits per heavy atom. The number of aromatic nitrogens is 2. The zero-order chi connectivity index (χ0) is 20.4. The largest absolute Gasteiger partial charge is 0.444 e. The molecule has 152 valence electrons. The molecule has 1 aliphatic rings. The van der Waals surface area contributed by atoms with E-state index in [1.165, 1.54) is 0 Å². The predicted octanol–water partition coefficient (Wildman–Crippen LogP) is 4.25. The van der Waals surface area contributed by atoms with Crippen molar-refractivity contribution < 1.29 is 19.0 Å². The number of rotatable bonds is 6. The summed E-state index contributed by atoms with van der Waals surface area (Å²) in [6, 6.07) is 11.5. The van der Waals surface area contributed by atoms with Crippen molar-refractivity contribution in [3.05, 3.63) is 47.7 Å². The number of nitrogens with zero attached hydrogens (tertiary/aromatic N) is 2. The molecule has 7 nitrogen and oxygen atoms in total. The molecule has 28 heavy (non-hydrogen) atoms. The highest BCUT2D eigenvalue weighted by Crippen LogP contribution is 2.47. The minimum absolute atomic E-state index is 0.218. The zero-order valence-corrected chi connectivity index (χ0v) is 17.2. The van der Waals surface area contributed by atoms with Crippen LogP contribution in [-0.2, 0) is 26.4 Å². The minimum atomic E-state index is -0.529. The minimum Gasteiger partial charge on any atom is -0.444 e. The van der Waals surface area contributed by atoms with Gasteiger partial charge in [-0.15, -0.1) is 0 Å². The third-order valence-corrected chi connectivity index (χ3v) is 5.08. The van der Waals surface area contributed by atoms with Gasteiger partial charge in [-0.2, -0.15) is 5.10 Å². The molecule has 7 heteroatoms. The molecule has 1 heterocycles. The van der Waals surface area contributed by atoms with Gasteiger partial charge in [0.05, 0.1) is 11.2 Å². The number of benzene rings is 1. The first-order valence-corrected chi connectivity index (χ1v) is 9.45. The average Bonchev–Trinajstić information content (AvgIpc) is 3.05. The van der Waals surface area contributed by atoms with Gasteiger partial charge in [-0.1, -0.05) is 30.3 Å². The lowest BCUT2D eigenvalue weighted by atomic mass is 9.77. The first kappa shape index (κ1) is 20.4. The Balaban J connectivity index is 1.69. The number of hydrogen-bond donors (Lipinski definition) is 1. The van der Waals surface area contributed by atoms with Crippen LogP contribution in [0.3, 0.4) is 0 Å². The second-order valence-electron chi connectivity index (χ2n) is 8.15. The highest BCUT2D eigenvalue weighted by Gasteiger charge is 2.47. The first-order chi connectivity index (χ1) is 13.3. The van der Waals surface area contributed by atoms with Gasteiger partial charge < -0.3 is 14.2 Å². The Morgan fingerprint density at radius 1 is 1.21 bits per heavy atom. The van der Waals surface area contributed by atoms with E-state index in [0.717, 1.165) is 24.1 Å².